The zero-order valence-electron chi connectivity index (χ0n) is 9.36. The van der Waals surface area contributed by atoms with E-state index in [0.29, 0.717) is 18.4 Å². The minimum Gasteiger partial charge on any atom is -0.335 e. The summed E-state index contributed by atoms with van der Waals surface area (Å²) in [7, 11) is 1.80. The molecule has 1 aliphatic rings. The summed E-state index contributed by atoms with van der Waals surface area (Å²) in [4.78, 5) is 11.6. The summed E-state index contributed by atoms with van der Waals surface area (Å²) in [6, 6.07) is 0.128. The van der Waals surface area contributed by atoms with Gasteiger partial charge in [-0.3, -0.25) is 10.00 Å². The van der Waals surface area contributed by atoms with Gasteiger partial charge < -0.3 is 11.1 Å². The first-order chi connectivity index (χ1) is 7.69. The number of hydrogen-bond acceptors (Lipinski definition) is 3. The molecule has 2 amide bonds. The second-order valence-electron chi connectivity index (χ2n) is 4.11. The van der Waals surface area contributed by atoms with Crippen molar-refractivity contribution in [3.63, 3.8) is 0 Å². The molecule has 6 heteroatoms. The standard InChI is InChI=1S/C10H17N5O/c1-15-6-7(5-11)9(14-15)13-10(16)12-8-3-2-4-8/h6,8H,2-5,11H2,1H3,(H2,12,13,14,16). The Kier molecular flexibility index (Phi) is 3.09. The van der Waals surface area contributed by atoms with Crippen molar-refractivity contribution in [2.24, 2.45) is 12.8 Å². The lowest BCUT2D eigenvalue weighted by atomic mass is 9.93. The summed E-state index contributed by atoms with van der Waals surface area (Å²) in [5.41, 5.74) is 6.39. The van der Waals surface area contributed by atoms with Crippen LogP contribution in [0.15, 0.2) is 6.20 Å². The van der Waals surface area contributed by atoms with Gasteiger partial charge in [-0.15, -0.1) is 0 Å². The number of nitrogens with one attached hydrogen (secondary N) is 2. The first kappa shape index (κ1) is 10.9. The van der Waals surface area contributed by atoms with Crippen LogP contribution in [0, 0.1) is 0 Å². The van der Waals surface area contributed by atoms with Crippen molar-refractivity contribution in [1.29, 1.82) is 0 Å². The molecule has 88 valence electrons. The van der Waals surface area contributed by atoms with E-state index in [1.165, 1.54) is 6.42 Å². The number of amides is 2. The monoisotopic (exact) mass is 223 g/mol. The molecular weight excluding hydrogens is 206 g/mol. The molecule has 1 fully saturated rings. The van der Waals surface area contributed by atoms with Crippen LogP contribution in [0.3, 0.4) is 0 Å². The van der Waals surface area contributed by atoms with Gasteiger partial charge in [0.05, 0.1) is 0 Å². The van der Waals surface area contributed by atoms with E-state index < -0.39 is 0 Å². The minimum absolute atomic E-state index is 0.196. The Hall–Kier alpha value is -1.56. The third-order valence-electron chi connectivity index (χ3n) is 2.80. The Morgan fingerprint density at radius 1 is 1.69 bits per heavy atom. The lowest BCUT2D eigenvalue weighted by Gasteiger charge is -2.26. The zero-order chi connectivity index (χ0) is 11.5. The summed E-state index contributed by atoms with van der Waals surface area (Å²) < 4.78 is 1.64. The van der Waals surface area contributed by atoms with Gasteiger partial charge in [-0.1, -0.05) is 0 Å². The second-order valence-corrected chi connectivity index (χ2v) is 4.11. The molecule has 0 aromatic carbocycles. The number of carbonyl (C=O) groups is 1. The Labute approximate surface area is 94.2 Å². The number of carbonyl (C=O) groups excluding carboxylic acids is 1. The highest BCUT2D eigenvalue weighted by Crippen LogP contribution is 2.18. The lowest BCUT2D eigenvalue weighted by Crippen LogP contribution is -2.42. The van der Waals surface area contributed by atoms with E-state index in [4.69, 9.17) is 5.73 Å². The van der Waals surface area contributed by atoms with Crippen LogP contribution in [0.2, 0.25) is 0 Å². The zero-order valence-corrected chi connectivity index (χ0v) is 9.36. The van der Waals surface area contributed by atoms with Gasteiger partial charge in [0.2, 0.25) is 0 Å². The van der Waals surface area contributed by atoms with E-state index in [1.807, 2.05) is 0 Å². The molecule has 0 bridgehead atoms. The van der Waals surface area contributed by atoms with E-state index in [9.17, 15) is 4.79 Å². The molecular formula is C10H17N5O. The largest absolute Gasteiger partial charge is 0.335 e. The number of nitrogens with zero attached hydrogens (tertiary/aromatic N) is 2. The lowest BCUT2D eigenvalue weighted by molar-refractivity contribution is 0.240. The number of nitrogens with two attached hydrogens (primary N) is 1. The maximum atomic E-state index is 11.6. The van der Waals surface area contributed by atoms with E-state index in [2.05, 4.69) is 15.7 Å². The number of aromatic nitrogens is 2. The van der Waals surface area contributed by atoms with Gasteiger partial charge >= 0.3 is 6.03 Å². The predicted molar refractivity (Wildman–Crippen MR) is 60.9 cm³/mol. The molecule has 1 aliphatic carbocycles. The normalized spacial score (nSPS) is 15.6. The van der Waals surface area contributed by atoms with Gasteiger partial charge in [0.25, 0.3) is 0 Å². The molecule has 4 N–H and O–H groups in total. The van der Waals surface area contributed by atoms with Gasteiger partial charge in [-0.05, 0) is 19.3 Å². The smallest absolute Gasteiger partial charge is 0.320 e. The highest BCUT2D eigenvalue weighted by Gasteiger charge is 2.20. The van der Waals surface area contributed by atoms with E-state index in [-0.39, 0.29) is 6.03 Å². The van der Waals surface area contributed by atoms with Crippen LogP contribution in [0.5, 0.6) is 0 Å². The average Bonchev–Trinajstić information content (AvgIpc) is 2.52. The van der Waals surface area contributed by atoms with Crippen LogP contribution in [0.4, 0.5) is 10.6 Å². The van der Waals surface area contributed by atoms with Crippen LogP contribution in [0.25, 0.3) is 0 Å². The topological polar surface area (TPSA) is 85.0 Å². The first-order valence-corrected chi connectivity index (χ1v) is 5.49. The minimum atomic E-state index is -0.196. The van der Waals surface area contributed by atoms with Gasteiger partial charge in [0.15, 0.2) is 5.82 Å². The van der Waals surface area contributed by atoms with E-state index in [1.54, 1.807) is 17.9 Å². The van der Waals surface area contributed by atoms with Gasteiger partial charge in [0, 0.05) is 31.4 Å². The Morgan fingerprint density at radius 2 is 2.44 bits per heavy atom. The Morgan fingerprint density at radius 3 is 3.00 bits per heavy atom. The fourth-order valence-electron chi connectivity index (χ4n) is 1.67. The second kappa shape index (κ2) is 4.52. The molecule has 1 aromatic rings. The molecule has 2 rings (SSSR count). The molecule has 0 radical (unpaired) electrons. The van der Waals surface area contributed by atoms with Gasteiger partial charge in [-0.25, -0.2) is 4.79 Å². The third kappa shape index (κ3) is 2.33. The maximum absolute atomic E-state index is 11.6. The average molecular weight is 223 g/mol. The van der Waals surface area contributed by atoms with Gasteiger partial charge in [-0.2, -0.15) is 5.10 Å². The van der Waals surface area contributed by atoms with Gasteiger partial charge in [0.1, 0.15) is 0 Å². The van der Waals surface area contributed by atoms with Crippen molar-refractivity contribution >= 4 is 11.8 Å². The Bertz CT molecular complexity index is 383. The van der Waals surface area contributed by atoms with Crippen molar-refractivity contribution in [3.8, 4) is 0 Å². The highest BCUT2D eigenvalue weighted by atomic mass is 16.2. The van der Waals surface area contributed by atoms with Crippen molar-refractivity contribution in [3.05, 3.63) is 11.8 Å². The molecule has 1 saturated carbocycles. The van der Waals surface area contributed by atoms with Crippen molar-refractivity contribution in [2.45, 2.75) is 31.8 Å². The van der Waals surface area contributed by atoms with E-state index >= 15 is 0 Å². The molecule has 16 heavy (non-hydrogen) atoms. The Balaban J connectivity index is 1.93. The molecule has 0 saturated heterocycles. The molecule has 0 spiro atoms. The number of urea groups is 1. The molecule has 0 unspecified atom stereocenters. The predicted octanol–water partition coefficient (Wildman–Crippen LogP) is 0.553. The number of anilines is 1. The third-order valence-corrected chi connectivity index (χ3v) is 2.80. The number of hydrogen-bond donors (Lipinski definition) is 3. The quantitative estimate of drug-likeness (QED) is 0.699. The first-order valence-electron chi connectivity index (χ1n) is 5.49. The van der Waals surface area contributed by atoms with E-state index in [0.717, 1.165) is 18.4 Å². The summed E-state index contributed by atoms with van der Waals surface area (Å²) in [5.74, 6) is 0.543. The SMILES string of the molecule is Cn1cc(CN)c(NC(=O)NC2CCC2)n1. The highest BCUT2D eigenvalue weighted by molar-refractivity contribution is 5.89. The maximum Gasteiger partial charge on any atom is 0.320 e. The van der Waals surface area contributed by atoms with Crippen LogP contribution in [-0.4, -0.2) is 21.9 Å². The molecule has 1 aromatic heterocycles. The van der Waals surface area contributed by atoms with Crippen molar-refractivity contribution < 1.29 is 4.79 Å². The van der Waals surface area contributed by atoms with Crippen molar-refractivity contribution in [1.82, 2.24) is 15.1 Å². The molecule has 0 aliphatic heterocycles. The van der Waals surface area contributed by atoms with Crippen LogP contribution >= 0.6 is 0 Å². The summed E-state index contributed by atoms with van der Waals surface area (Å²) in [5, 5.41) is 9.74. The fraction of sp³-hybridized carbons (Fsp3) is 0.600. The van der Waals surface area contributed by atoms with Crippen molar-refractivity contribution in [2.75, 3.05) is 5.32 Å². The van der Waals surface area contributed by atoms with Crippen LogP contribution in [0.1, 0.15) is 24.8 Å². The fourth-order valence-corrected chi connectivity index (χ4v) is 1.67. The summed E-state index contributed by atoms with van der Waals surface area (Å²) >= 11 is 0. The summed E-state index contributed by atoms with van der Waals surface area (Å²) in [6.45, 7) is 0.368. The number of rotatable bonds is 3. The van der Waals surface area contributed by atoms with Crippen LogP contribution in [-0.2, 0) is 13.6 Å². The summed E-state index contributed by atoms with van der Waals surface area (Å²) in [6.07, 6.45) is 5.14. The molecule has 1 heterocycles. The molecule has 6 nitrogen and oxygen atoms in total. The van der Waals surface area contributed by atoms with Crippen LogP contribution < -0.4 is 16.4 Å². The number of aryl methyl sites for hydroxylation is 1. The molecule has 0 atom stereocenters.